The van der Waals surface area contributed by atoms with Crippen molar-refractivity contribution in [3.8, 4) is 0 Å². The van der Waals surface area contributed by atoms with E-state index < -0.39 is 36.4 Å². The summed E-state index contributed by atoms with van der Waals surface area (Å²) in [6.07, 6.45) is 1.40. The number of aromatic nitrogens is 2. The molecule has 17 heavy (non-hydrogen) atoms. The predicted molar refractivity (Wildman–Crippen MR) is 56.5 cm³/mol. The summed E-state index contributed by atoms with van der Waals surface area (Å²) >= 11 is 0. The molecule has 1 saturated heterocycles. The fourth-order valence-corrected chi connectivity index (χ4v) is 1.90. The van der Waals surface area contributed by atoms with E-state index in [1.54, 1.807) is 0 Å². The third kappa shape index (κ3) is 2.16. The largest absolute Gasteiger partial charge is 0.393 e. The fourth-order valence-electron chi connectivity index (χ4n) is 1.90. The van der Waals surface area contributed by atoms with Gasteiger partial charge in [0.15, 0.2) is 0 Å². The molecule has 0 bridgehead atoms. The van der Waals surface area contributed by atoms with Crippen LogP contribution in [0.25, 0.3) is 0 Å². The highest BCUT2D eigenvalue weighted by molar-refractivity contribution is 4.91. The van der Waals surface area contributed by atoms with Crippen LogP contribution in [0.1, 0.15) is 19.1 Å². The number of aliphatic hydroxyl groups is 1. The summed E-state index contributed by atoms with van der Waals surface area (Å²) in [5, 5.41) is 9.08. The second-order valence-corrected chi connectivity index (χ2v) is 4.10. The molecule has 0 aromatic carbocycles. The Morgan fingerprint density at radius 2 is 2.41 bits per heavy atom. The van der Waals surface area contributed by atoms with Gasteiger partial charge in [-0.3, -0.25) is 14.3 Å². The molecule has 2 rings (SSSR count). The molecular weight excluding hydrogens is 231 g/mol. The van der Waals surface area contributed by atoms with Crippen LogP contribution >= 0.6 is 0 Å². The Morgan fingerprint density at radius 1 is 1.65 bits per heavy atom. The minimum atomic E-state index is -1.22. The zero-order chi connectivity index (χ0) is 12.5. The van der Waals surface area contributed by atoms with Crippen molar-refractivity contribution >= 4 is 0 Å². The van der Waals surface area contributed by atoms with Crippen LogP contribution in [0.4, 0.5) is 4.39 Å². The standard InChI is InChI=1S/C10H13FN2O4/c11-5-10(6-14)3-1-8(17-10)13-4-2-7(15)12-9(13)16/h2,4,8,14H,1,3,5-6H2,(H,12,15,16)/t8-,10-/m1/s1. The summed E-state index contributed by atoms with van der Waals surface area (Å²) < 4.78 is 19.3. The van der Waals surface area contributed by atoms with Gasteiger partial charge in [0.05, 0.1) is 6.61 Å². The molecule has 0 amide bonds. The van der Waals surface area contributed by atoms with Gasteiger partial charge in [0.25, 0.3) is 5.56 Å². The van der Waals surface area contributed by atoms with Crippen LogP contribution in [-0.2, 0) is 4.74 Å². The van der Waals surface area contributed by atoms with Crippen molar-refractivity contribution in [1.82, 2.24) is 9.55 Å². The molecular formula is C10H13FN2O4. The normalized spacial score (nSPS) is 28.5. The molecule has 1 aliphatic rings. The van der Waals surface area contributed by atoms with Crippen LogP contribution < -0.4 is 11.2 Å². The van der Waals surface area contributed by atoms with Gasteiger partial charge in [0.2, 0.25) is 0 Å². The fraction of sp³-hybridized carbons (Fsp3) is 0.600. The quantitative estimate of drug-likeness (QED) is 0.754. The topological polar surface area (TPSA) is 84.3 Å². The number of hydrogen-bond acceptors (Lipinski definition) is 4. The van der Waals surface area contributed by atoms with Crippen molar-refractivity contribution in [3.63, 3.8) is 0 Å². The van der Waals surface area contributed by atoms with Crippen molar-refractivity contribution in [2.75, 3.05) is 13.3 Å². The second-order valence-electron chi connectivity index (χ2n) is 4.10. The number of rotatable bonds is 3. The first-order chi connectivity index (χ1) is 8.10. The van der Waals surface area contributed by atoms with Gasteiger partial charge in [0, 0.05) is 12.3 Å². The molecule has 2 N–H and O–H groups in total. The Kier molecular flexibility index (Phi) is 3.12. The van der Waals surface area contributed by atoms with Crippen LogP contribution in [-0.4, -0.2) is 33.5 Å². The van der Waals surface area contributed by atoms with E-state index in [4.69, 9.17) is 9.84 Å². The number of nitrogens with zero attached hydrogens (tertiary/aromatic N) is 1. The summed E-state index contributed by atoms with van der Waals surface area (Å²) in [6.45, 7) is -1.24. The minimum Gasteiger partial charge on any atom is -0.393 e. The molecule has 0 aliphatic carbocycles. The molecule has 7 heteroatoms. The number of halogens is 1. The summed E-state index contributed by atoms with van der Waals surface area (Å²) in [7, 11) is 0. The van der Waals surface area contributed by atoms with E-state index in [2.05, 4.69) is 4.98 Å². The van der Waals surface area contributed by atoms with Gasteiger partial charge in [-0.15, -0.1) is 0 Å². The molecule has 2 atom stereocenters. The van der Waals surface area contributed by atoms with Crippen LogP contribution in [0.5, 0.6) is 0 Å². The molecule has 0 saturated carbocycles. The Bertz CT molecular complexity index is 506. The smallest absolute Gasteiger partial charge is 0.330 e. The van der Waals surface area contributed by atoms with Gasteiger partial charge >= 0.3 is 5.69 Å². The van der Waals surface area contributed by atoms with Crippen molar-refractivity contribution in [1.29, 1.82) is 0 Å². The van der Waals surface area contributed by atoms with Crippen LogP contribution in [0.2, 0.25) is 0 Å². The average molecular weight is 244 g/mol. The zero-order valence-electron chi connectivity index (χ0n) is 9.06. The summed E-state index contributed by atoms with van der Waals surface area (Å²) in [5.41, 5.74) is -2.32. The predicted octanol–water partition coefficient (Wildman–Crippen LogP) is -0.454. The number of aliphatic hydroxyl groups excluding tert-OH is 1. The summed E-state index contributed by atoms with van der Waals surface area (Å²) in [5.74, 6) is 0. The Balaban J connectivity index is 2.26. The van der Waals surface area contributed by atoms with Crippen molar-refractivity contribution in [3.05, 3.63) is 33.1 Å². The molecule has 94 valence electrons. The lowest BCUT2D eigenvalue weighted by molar-refractivity contribution is -0.109. The molecule has 1 aromatic heterocycles. The number of hydrogen-bond donors (Lipinski definition) is 2. The molecule has 2 heterocycles. The first-order valence-electron chi connectivity index (χ1n) is 5.26. The van der Waals surface area contributed by atoms with E-state index in [-0.39, 0.29) is 0 Å². The first-order valence-corrected chi connectivity index (χ1v) is 5.26. The van der Waals surface area contributed by atoms with E-state index in [1.807, 2.05) is 0 Å². The molecule has 1 aliphatic heterocycles. The van der Waals surface area contributed by atoms with Gasteiger partial charge < -0.3 is 9.84 Å². The lowest BCUT2D eigenvalue weighted by Crippen LogP contribution is -2.37. The Morgan fingerprint density at radius 3 is 2.94 bits per heavy atom. The van der Waals surface area contributed by atoms with E-state index in [1.165, 1.54) is 16.8 Å². The highest BCUT2D eigenvalue weighted by Crippen LogP contribution is 2.35. The maximum absolute atomic E-state index is 12.8. The minimum absolute atomic E-state index is 0.330. The van der Waals surface area contributed by atoms with E-state index in [9.17, 15) is 14.0 Å². The number of aromatic amines is 1. The molecule has 0 spiro atoms. The molecule has 1 fully saturated rings. The summed E-state index contributed by atoms with van der Waals surface area (Å²) in [4.78, 5) is 24.5. The van der Waals surface area contributed by atoms with Crippen molar-refractivity contribution in [2.24, 2.45) is 0 Å². The number of ether oxygens (including phenoxy) is 1. The van der Waals surface area contributed by atoms with Crippen LogP contribution in [0.15, 0.2) is 21.9 Å². The molecule has 0 radical (unpaired) electrons. The maximum Gasteiger partial charge on any atom is 0.330 e. The lowest BCUT2D eigenvalue weighted by Gasteiger charge is -2.23. The second kappa shape index (κ2) is 4.42. The summed E-state index contributed by atoms with van der Waals surface area (Å²) in [6, 6.07) is 1.19. The molecule has 1 aromatic rings. The molecule has 0 unspecified atom stereocenters. The van der Waals surface area contributed by atoms with Gasteiger partial charge in [-0.2, -0.15) is 0 Å². The third-order valence-corrected chi connectivity index (χ3v) is 2.93. The maximum atomic E-state index is 12.8. The molecule has 6 nitrogen and oxygen atoms in total. The van der Waals surface area contributed by atoms with Gasteiger partial charge in [-0.05, 0) is 12.8 Å². The van der Waals surface area contributed by atoms with E-state index in [0.717, 1.165) is 0 Å². The number of H-pyrrole nitrogens is 1. The highest BCUT2D eigenvalue weighted by Gasteiger charge is 2.41. The van der Waals surface area contributed by atoms with Gasteiger partial charge in [-0.1, -0.05) is 0 Å². The average Bonchev–Trinajstić information content (AvgIpc) is 2.74. The Hall–Kier alpha value is -1.47. The zero-order valence-corrected chi connectivity index (χ0v) is 9.06. The first kappa shape index (κ1) is 12.0. The lowest BCUT2D eigenvalue weighted by atomic mass is 10.0. The number of nitrogens with one attached hydrogen (secondary N) is 1. The highest BCUT2D eigenvalue weighted by atomic mass is 19.1. The van der Waals surface area contributed by atoms with Gasteiger partial charge in [0.1, 0.15) is 18.5 Å². The third-order valence-electron chi connectivity index (χ3n) is 2.93. The van der Waals surface area contributed by atoms with Crippen LogP contribution in [0, 0.1) is 0 Å². The Labute approximate surface area is 95.7 Å². The van der Waals surface area contributed by atoms with Gasteiger partial charge in [-0.25, -0.2) is 9.18 Å². The van der Waals surface area contributed by atoms with Crippen LogP contribution in [0.3, 0.4) is 0 Å². The number of alkyl halides is 1. The SMILES string of the molecule is O=c1ccn([C@H]2CC[C@](CO)(CF)O2)c(=O)[nH]1. The monoisotopic (exact) mass is 244 g/mol. The van der Waals surface area contributed by atoms with Crippen molar-refractivity contribution < 1.29 is 14.2 Å². The van der Waals surface area contributed by atoms with E-state index in [0.29, 0.717) is 12.8 Å². The van der Waals surface area contributed by atoms with E-state index >= 15 is 0 Å². The van der Waals surface area contributed by atoms with Crippen molar-refractivity contribution in [2.45, 2.75) is 24.7 Å².